The highest BCUT2D eigenvalue weighted by atomic mass is 16.5. The largest absolute Gasteiger partial charge is 0.453 e. The SMILES string of the molecule is Cc1cccc(CC(C)(C)C)c1NC(=O)C(=O)[C@H](C(=O)c1ccc2ccccc2c1)[C@H]1OC(=O)c2ccccc21. The highest BCUT2D eigenvalue weighted by molar-refractivity contribution is 6.45. The summed E-state index contributed by atoms with van der Waals surface area (Å²) in [4.78, 5) is 54.2. The molecule has 1 amide bonds. The van der Waals surface area contributed by atoms with E-state index in [1.165, 1.54) is 0 Å². The number of ether oxygens (including phenoxy) is 1. The minimum Gasteiger partial charge on any atom is -0.453 e. The maximum atomic E-state index is 14.0. The number of anilines is 1. The van der Waals surface area contributed by atoms with Crippen LogP contribution in [0.3, 0.4) is 0 Å². The van der Waals surface area contributed by atoms with Crippen LogP contribution in [0, 0.1) is 18.3 Å². The molecular formula is C34H31NO5. The number of esters is 1. The fourth-order valence-electron chi connectivity index (χ4n) is 5.28. The maximum absolute atomic E-state index is 14.0. The van der Waals surface area contributed by atoms with Gasteiger partial charge in [0.15, 0.2) is 5.78 Å². The molecule has 0 aromatic heterocycles. The first-order chi connectivity index (χ1) is 19.0. The Morgan fingerprint density at radius 2 is 1.57 bits per heavy atom. The van der Waals surface area contributed by atoms with Crippen molar-refractivity contribution in [1.82, 2.24) is 0 Å². The third-order valence-electron chi connectivity index (χ3n) is 7.17. The van der Waals surface area contributed by atoms with Gasteiger partial charge in [-0.05, 0) is 52.8 Å². The van der Waals surface area contributed by atoms with E-state index in [4.69, 9.17) is 4.74 Å². The summed E-state index contributed by atoms with van der Waals surface area (Å²) in [5.41, 5.74) is 3.14. The molecular weight excluding hydrogens is 502 g/mol. The van der Waals surface area contributed by atoms with E-state index in [2.05, 4.69) is 26.1 Å². The molecule has 4 aromatic carbocycles. The second kappa shape index (κ2) is 10.5. The van der Waals surface area contributed by atoms with E-state index in [9.17, 15) is 19.2 Å². The summed E-state index contributed by atoms with van der Waals surface area (Å²) in [7, 11) is 0. The zero-order valence-corrected chi connectivity index (χ0v) is 23.0. The van der Waals surface area contributed by atoms with E-state index in [1.54, 1.807) is 42.5 Å². The third-order valence-corrected chi connectivity index (χ3v) is 7.17. The van der Waals surface area contributed by atoms with E-state index in [-0.39, 0.29) is 16.5 Å². The number of amides is 1. The lowest BCUT2D eigenvalue weighted by atomic mass is 9.84. The summed E-state index contributed by atoms with van der Waals surface area (Å²) in [6.07, 6.45) is -0.544. The monoisotopic (exact) mass is 533 g/mol. The standard InChI is InChI=1S/C34H31NO5/c1-20-10-9-13-24(19-34(2,3)4)28(20)35-32(38)30(37)27(31-25-14-7-8-15-26(25)33(39)40-31)29(36)23-17-16-21-11-5-6-12-22(21)18-23/h5-18,27,31H,19H2,1-4H3,(H,35,38)/t27-,31-/m0/s1. The fraction of sp³-hybridized carbons (Fsp3) is 0.235. The molecule has 0 radical (unpaired) electrons. The molecule has 1 aliphatic heterocycles. The van der Waals surface area contributed by atoms with Crippen molar-refractivity contribution in [3.63, 3.8) is 0 Å². The number of carbonyl (C=O) groups excluding carboxylic acids is 4. The van der Waals surface area contributed by atoms with Crippen LogP contribution in [-0.2, 0) is 20.7 Å². The average Bonchev–Trinajstić information content (AvgIpc) is 3.25. The van der Waals surface area contributed by atoms with Gasteiger partial charge < -0.3 is 10.1 Å². The van der Waals surface area contributed by atoms with Gasteiger partial charge in [-0.1, -0.05) is 93.6 Å². The molecule has 1 N–H and O–H groups in total. The molecule has 0 fully saturated rings. The van der Waals surface area contributed by atoms with Crippen molar-refractivity contribution in [3.8, 4) is 0 Å². The molecule has 6 heteroatoms. The molecule has 0 spiro atoms. The summed E-state index contributed by atoms with van der Waals surface area (Å²) in [6.45, 7) is 8.14. The summed E-state index contributed by atoms with van der Waals surface area (Å²) < 4.78 is 5.60. The first kappa shape index (κ1) is 27.0. The first-order valence-electron chi connectivity index (χ1n) is 13.3. The number of ketones is 2. The van der Waals surface area contributed by atoms with E-state index in [0.29, 0.717) is 17.7 Å². The van der Waals surface area contributed by atoms with Gasteiger partial charge in [0, 0.05) is 16.8 Å². The van der Waals surface area contributed by atoms with Crippen molar-refractivity contribution < 1.29 is 23.9 Å². The van der Waals surface area contributed by atoms with Crippen molar-refractivity contribution in [1.29, 1.82) is 0 Å². The lowest BCUT2D eigenvalue weighted by Crippen LogP contribution is -2.38. The Kier molecular flexibility index (Phi) is 7.11. The van der Waals surface area contributed by atoms with Gasteiger partial charge in [0.1, 0.15) is 12.0 Å². The van der Waals surface area contributed by atoms with Gasteiger partial charge in [0.25, 0.3) is 5.91 Å². The molecule has 6 nitrogen and oxygen atoms in total. The number of benzene rings is 4. The van der Waals surface area contributed by atoms with Crippen LogP contribution in [0.4, 0.5) is 5.69 Å². The number of cyclic esters (lactones) is 1. The summed E-state index contributed by atoms with van der Waals surface area (Å²) in [5.74, 6) is -4.65. The van der Waals surface area contributed by atoms with E-state index in [0.717, 1.165) is 21.9 Å². The Labute approximate surface area is 233 Å². The minimum absolute atomic E-state index is 0.0619. The quantitative estimate of drug-likeness (QED) is 0.124. The van der Waals surface area contributed by atoms with Crippen LogP contribution in [0.15, 0.2) is 84.9 Å². The van der Waals surface area contributed by atoms with Gasteiger partial charge in [-0.25, -0.2) is 4.79 Å². The molecule has 1 aliphatic rings. The van der Waals surface area contributed by atoms with Gasteiger partial charge >= 0.3 is 5.97 Å². The molecule has 0 saturated heterocycles. The van der Waals surface area contributed by atoms with Gasteiger partial charge in [0.2, 0.25) is 5.78 Å². The van der Waals surface area contributed by atoms with Crippen LogP contribution >= 0.6 is 0 Å². The van der Waals surface area contributed by atoms with Crippen molar-refractivity contribution in [2.45, 2.75) is 40.2 Å². The summed E-state index contributed by atoms with van der Waals surface area (Å²) in [5, 5.41) is 4.55. The highest BCUT2D eigenvalue weighted by Gasteiger charge is 2.46. The lowest BCUT2D eigenvalue weighted by molar-refractivity contribution is -0.138. The predicted molar refractivity (Wildman–Crippen MR) is 154 cm³/mol. The molecule has 0 aliphatic carbocycles. The lowest BCUT2D eigenvalue weighted by Gasteiger charge is -2.23. The molecule has 0 saturated carbocycles. The molecule has 2 atom stereocenters. The summed E-state index contributed by atoms with van der Waals surface area (Å²) >= 11 is 0. The van der Waals surface area contributed by atoms with Crippen LogP contribution in [0.5, 0.6) is 0 Å². The zero-order valence-electron chi connectivity index (χ0n) is 23.0. The Balaban J connectivity index is 1.54. The topological polar surface area (TPSA) is 89.5 Å². The number of Topliss-reactive ketones (excluding diaryl/α,β-unsaturated/α-hetero) is 2. The van der Waals surface area contributed by atoms with Crippen molar-refractivity contribution in [2.24, 2.45) is 11.3 Å². The van der Waals surface area contributed by atoms with Crippen LogP contribution in [0.2, 0.25) is 0 Å². The van der Waals surface area contributed by atoms with Crippen LogP contribution in [0.1, 0.15) is 64.3 Å². The molecule has 4 aromatic rings. The molecule has 40 heavy (non-hydrogen) atoms. The van der Waals surface area contributed by atoms with Crippen LogP contribution < -0.4 is 5.32 Å². The van der Waals surface area contributed by atoms with Gasteiger partial charge in [0.05, 0.1) is 5.56 Å². The summed E-state index contributed by atoms with van der Waals surface area (Å²) in [6, 6.07) is 25.0. The Hall–Kier alpha value is -4.58. The Morgan fingerprint density at radius 3 is 2.33 bits per heavy atom. The zero-order chi connectivity index (χ0) is 28.6. The predicted octanol–water partition coefficient (Wildman–Crippen LogP) is 6.66. The van der Waals surface area contributed by atoms with Crippen LogP contribution in [-0.4, -0.2) is 23.4 Å². The third kappa shape index (κ3) is 5.30. The van der Waals surface area contributed by atoms with E-state index in [1.807, 2.05) is 49.4 Å². The van der Waals surface area contributed by atoms with Crippen molar-refractivity contribution in [2.75, 3.05) is 5.32 Å². The van der Waals surface area contributed by atoms with Crippen molar-refractivity contribution in [3.05, 3.63) is 113 Å². The Morgan fingerprint density at radius 1 is 0.875 bits per heavy atom. The minimum atomic E-state index is -1.55. The van der Waals surface area contributed by atoms with Crippen molar-refractivity contribution >= 4 is 39.9 Å². The fourth-order valence-corrected chi connectivity index (χ4v) is 5.28. The van der Waals surface area contributed by atoms with Gasteiger partial charge in [-0.15, -0.1) is 0 Å². The second-order valence-corrected chi connectivity index (χ2v) is 11.5. The number of para-hydroxylation sites is 1. The number of nitrogens with one attached hydrogen (secondary N) is 1. The number of hydrogen-bond acceptors (Lipinski definition) is 5. The molecule has 0 bridgehead atoms. The normalized spacial score (nSPS) is 15.3. The molecule has 202 valence electrons. The first-order valence-corrected chi connectivity index (χ1v) is 13.3. The number of aryl methyl sites for hydroxylation is 1. The van der Waals surface area contributed by atoms with Crippen LogP contribution in [0.25, 0.3) is 10.8 Å². The number of fused-ring (bicyclic) bond motifs is 2. The maximum Gasteiger partial charge on any atom is 0.339 e. The average molecular weight is 534 g/mol. The molecule has 1 heterocycles. The number of rotatable bonds is 7. The number of hydrogen-bond donors (Lipinski definition) is 1. The second-order valence-electron chi connectivity index (χ2n) is 11.5. The van der Waals surface area contributed by atoms with E-state index >= 15 is 0 Å². The number of carbonyl (C=O) groups is 4. The Bertz CT molecular complexity index is 1660. The van der Waals surface area contributed by atoms with Gasteiger partial charge in [-0.2, -0.15) is 0 Å². The molecule has 5 rings (SSSR count). The van der Waals surface area contributed by atoms with E-state index < -0.39 is 35.5 Å². The molecule has 0 unspecified atom stereocenters. The smallest absolute Gasteiger partial charge is 0.339 e. The van der Waals surface area contributed by atoms with Gasteiger partial charge in [-0.3, -0.25) is 14.4 Å². The highest BCUT2D eigenvalue weighted by Crippen LogP contribution is 2.39.